The number of hydrogen-bond donors (Lipinski definition) is 1. The Morgan fingerprint density at radius 2 is 1.70 bits per heavy atom. The van der Waals surface area contributed by atoms with Gasteiger partial charge in [0.1, 0.15) is 0 Å². The molecule has 5 nitrogen and oxygen atoms in total. The third-order valence-corrected chi connectivity index (χ3v) is 6.00. The number of nitrogens with zero attached hydrogens (tertiary/aromatic N) is 2. The Hall–Kier alpha value is -0.950. The molecule has 2 aliphatic rings. The molecule has 110 valence electrons. The summed E-state index contributed by atoms with van der Waals surface area (Å²) in [7, 11) is -3.30. The molecular formula is C14H21N3O2S. The third kappa shape index (κ3) is 2.61. The standard InChI is InChI=1S/C14H21N3O2S/c1-12-2-4-14(5-3-12)20(18,19)17-10-13(11-17)16-8-6-15-7-9-16/h2-5,13,15H,6-11H2,1H3. The Morgan fingerprint density at radius 3 is 2.30 bits per heavy atom. The van der Waals surface area contributed by atoms with E-state index in [1.807, 2.05) is 19.1 Å². The van der Waals surface area contributed by atoms with E-state index < -0.39 is 10.0 Å². The Balaban J connectivity index is 1.64. The lowest BCUT2D eigenvalue weighted by Gasteiger charge is -2.45. The van der Waals surface area contributed by atoms with Crippen LogP contribution >= 0.6 is 0 Å². The van der Waals surface area contributed by atoms with Crippen molar-refractivity contribution in [3.63, 3.8) is 0 Å². The molecule has 0 amide bonds. The lowest BCUT2D eigenvalue weighted by molar-refractivity contribution is 0.0773. The van der Waals surface area contributed by atoms with Gasteiger partial charge >= 0.3 is 0 Å². The highest BCUT2D eigenvalue weighted by molar-refractivity contribution is 7.89. The second-order valence-electron chi connectivity index (χ2n) is 5.57. The zero-order valence-electron chi connectivity index (χ0n) is 11.7. The molecule has 2 aliphatic heterocycles. The van der Waals surface area contributed by atoms with Crippen LogP contribution in [0.1, 0.15) is 5.56 Å². The fourth-order valence-corrected chi connectivity index (χ4v) is 4.27. The molecule has 0 bridgehead atoms. The van der Waals surface area contributed by atoms with E-state index in [2.05, 4.69) is 10.2 Å². The van der Waals surface area contributed by atoms with Crippen LogP contribution in [-0.4, -0.2) is 62.9 Å². The monoisotopic (exact) mass is 295 g/mol. The van der Waals surface area contributed by atoms with E-state index >= 15 is 0 Å². The van der Waals surface area contributed by atoms with Crippen molar-refractivity contribution < 1.29 is 8.42 Å². The van der Waals surface area contributed by atoms with Gasteiger partial charge in [0.05, 0.1) is 4.90 Å². The van der Waals surface area contributed by atoms with E-state index in [0.717, 1.165) is 31.7 Å². The normalized spacial score (nSPS) is 22.6. The highest BCUT2D eigenvalue weighted by Gasteiger charge is 2.39. The maximum absolute atomic E-state index is 12.4. The van der Waals surface area contributed by atoms with Crippen LogP contribution in [-0.2, 0) is 10.0 Å². The number of sulfonamides is 1. The summed E-state index contributed by atoms with van der Waals surface area (Å²) in [5.41, 5.74) is 1.08. The molecule has 0 unspecified atom stereocenters. The minimum absolute atomic E-state index is 0.386. The molecule has 1 aromatic carbocycles. The first-order valence-corrected chi connectivity index (χ1v) is 8.53. The van der Waals surface area contributed by atoms with Gasteiger partial charge in [-0.05, 0) is 19.1 Å². The van der Waals surface area contributed by atoms with Crippen LogP contribution < -0.4 is 5.32 Å². The largest absolute Gasteiger partial charge is 0.314 e. The first-order chi connectivity index (χ1) is 9.57. The van der Waals surface area contributed by atoms with Crippen molar-refractivity contribution in [2.24, 2.45) is 0 Å². The molecule has 0 saturated carbocycles. The molecule has 0 radical (unpaired) electrons. The van der Waals surface area contributed by atoms with Crippen molar-refractivity contribution in [1.82, 2.24) is 14.5 Å². The van der Waals surface area contributed by atoms with Gasteiger partial charge in [0, 0.05) is 45.3 Å². The van der Waals surface area contributed by atoms with Gasteiger partial charge in [-0.2, -0.15) is 4.31 Å². The molecule has 6 heteroatoms. The third-order valence-electron chi connectivity index (χ3n) is 4.16. The van der Waals surface area contributed by atoms with Gasteiger partial charge in [-0.3, -0.25) is 4.90 Å². The lowest BCUT2D eigenvalue weighted by Crippen LogP contribution is -2.63. The second-order valence-corrected chi connectivity index (χ2v) is 7.51. The molecule has 0 aliphatic carbocycles. The predicted molar refractivity (Wildman–Crippen MR) is 78.2 cm³/mol. The maximum atomic E-state index is 12.4. The Morgan fingerprint density at radius 1 is 1.10 bits per heavy atom. The average Bonchev–Trinajstić information content (AvgIpc) is 2.38. The van der Waals surface area contributed by atoms with E-state index in [-0.39, 0.29) is 0 Å². The van der Waals surface area contributed by atoms with Crippen molar-refractivity contribution in [2.75, 3.05) is 39.3 Å². The van der Waals surface area contributed by atoms with Crippen molar-refractivity contribution in [1.29, 1.82) is 0 Å². The smallest absolute Gasteiger partial charge is 0.243 e. The van der Waals surface area contributed by atoms with Crippen molar-refractivity contribution >= 4 is 10.0 Å². The minimum Gasteiger partial charge on any atom is -0.314 e. The van der Waals surface area contributed by atoms with Gasteiger partial charge in [0.25, 0.3) is 0 Å². The van der Waals surface area contributed by atoms with Gasteiger partial charge in [-0.1, -0.05) is 17.7 Å². The molecule has 0 spiro atoms. The van der Waals surface area contributed by atoms with E-state index in [9.17, 15) is 8.42 Å². The molecule has 2 fully saturated rings. The SMILES string of the molecule is Cc1ccc(S(=O)(=O)N2CC(N3CCNCC3)C2)cc1. The van der Waals surface area contributed by atoms with Crippen LogP contribution in [0.5, 0.6) is 0 Å². The van der Waals surface area contributed by atoms with E-state index in [1.54, 1.807) is 16.4 Å². The molecule has 20 heavy (non-hydrogen) atoms. The number of piperazine rings is 1. The highest BCUT2D eigenvalue weighted by atomic mass is 32.2. The summed E-state index contributed by atoms with van der Waals surface area (Å²) < 4.78 is 26.5. The van der Waals surface area contributed by atoms with Crippen LogP contribution in [0.3, 0.4) is 0 Å². The summed E-state index contributed by atoms with van der Waals surface area (Å²) in [6.45, 7) is 7.24. The van der Waals surface area contributed by atoms with Crippen molar-refractivity contribution in [3.05, 3.63) is 29.8 Å². The van der Waals surface area contributed by atoms with Crippen LogP contribution in [0.2, 0.25) is 0 Å². The summed E-state index contributed by atoms with van der Waals surface area (Å²) in [5.74, 6) is 0. The number of hydrogen-bond acceptors (Lipinski definition) is 4. The molecule has 3 rings (SSSR count). The van der Waals surface area contributed by atoms with Gasteiger partial charge in [0.2, 0.25) is 10.0 Å². The maximum Gasteiger partial charge on any atom is 0.243 e. The first kappa shape index (κ1) is 14.0. The number of benzene rings is 1. The van der Waals surface area contributed by atoms with E-state index in [1.165, 1.54) is 0 Å². The average molecular weight is 295 g/mol. The lowest BCUT2D eigenvalue weighted by atomic mass is 10.1. The molecule has 1 N–H and O–H groups in total. The number of aryl methyl sites for hydroxylation is 1. The number of rotatable bonds is 3. The minimum atomic E-state index is -3.30. The van der Waals surface area contributed by atoms with Gasteiger partial charge in [0.15, 0.2) is 0 Å². The van der Waals surface area contributed by atoms with Gasteiger partial charge in [-0.25, -0.2) is 8.42 Å². The quantitative estimate of drug-likeness (QED) is 0.870. The molecular weight excluding hydrogens is 274 g/mol. The zero-order chi connectivity index (χ0) is 14.2. The van der Waals surface area contributed by atoms with Crippen molar-refractivity contribution in [3.8, 4) is 0 Å². The van der Waals surface area contributed by atoms with E-state index in [0.29, 0.717) is 24.0 Å². The topological polar surface area (TPSA) is 52.7 Å². The van der Waals surface area contributed by atoms with Crippen LogP contribution in [0.4, 0.5) is 0 Å². The first-order valence-electron chi connectivity index (χ1n) is 7.09. The van der Waals surface area contributed by atoms with Crippen molar-refractivity contribution in [2.45, 2.75) is 17.9 Å². The molecule has 1 aromatic rings. The fraction of sp³-hybridized carbons (Fsp3) is 0.571. The Bertz CT molecular complexity index is 559. The van der Waals surface area contributed by atoms with Gasteiger partial charge in [-0.15, -0.1) is 0 Å². The summed E-state index contributed by atoms with van der Waals surface area (Å²) in [6.07, 6.45) is 0. The number of nitrogens with one attached hydrogen (secondary N) is 1. The zero-order valence-corrected chi connectivity index (χ0v) is 12.6. The molecule has 2 heterocycles. The summed E-state index contributed by atoms with van der Waals surface area (Å²) >= 11 is 0. The van der Waals surface area contributed by atoms with Crippen LogP contribution in [0, 0.1) is 6.92 Å². The van der Waals surface area contributed by atoms with Crippen LogP contribution in [0.15, 0.2) is 29.2 Å². The summed E-state index contributed by atoms with van der Waals surface area (Å²) in [6, 6.07) is 7.48. The summed E-state index contributed by atoms with van der Waals surface area (Å²) in [5, 5.41) is 3.32. The summed E-state index contributed by atoms with van der Waals surface area (Å²) in [4.78, 5) is 2.79. The predicted octanol–water partition coefficient (Wildman–Crippen LogP) is 0.273. The van der Waals surface area contributed by atoms with E-state index in [4.69, 9.17) is 0 Å². The Kier molecular flexibility index (Phi) is 3.81. The molecule has 2 saturated heterocycles. The van der Waals surface area contributed by atoms with Crippen LogP contribution in [0.25, 0.3) is 0 Å². The second kappa shape index (κ2) is 5.44. The fourth-order valence-electron chi connectivity index (χ4n) is 2.75. The Labute approximate surface area is 120 Å². The van der Waals surface area contributed by atoms with Gasteiger partial charge < -0.3 is 5.32 Å². The molecule has 0 aromatic heterocycles. The highest BCUT2D eigenvalue weighted by Crippen LogP contribution is 2.24. The molecule has 0 atom stereocenters.